The number of quaternary nitrogens is 1. The van der Waals surface area contributed by atoms with Crippen LogP contribution in [0.5, 0.6) is 0 Å². The minimum atomic E-state index is -0.497. The van der Waals surface area contributed by atoms with Gasteiger partial charge in [0.1, 0.15) is 0 Å². The largest absolute Gasteiger partial charge is 1.00 e. The minimum Gasteiger partial charge on any atom is -1.00 e. The Morgan fingerprint density at radius 1 is 1.37 bits per heavy atom. The van der Waals surface area contributed by atoms with E-state index in [1.807, 2.05) is 0 Å². The normalized spacial score (nSPS) is 12.7. The number of carbonyl (C=O) groups excluding carboxylic acids is 1. The molecule has 0 fully saturated rings. The lowest BCUT2D eigenvalue weighted by atomic mass is 10.1. The summed E-state index contributed by atoms with van der Waals surface area (Å²) in [6.07, 6.45) is 1.42. The van der Waals surface area contributed by atoms with E-state index in [9.17, 15) is 14.9 Å². The molecule has 0 saturated carbocycles. The summed E-state index contributed by atoms with van der Waals surface area (Å²) in [5.41, 5.74) is 2.00. The van der Waals surface area contributed by atoms with Crippen molar-refractivity contribution in [3.05, 3.63) is 39.9 Å². The molecule has 1 aliphatic heterocycles. The smallest absolute Gasteiger partial charge is 0.289 e. The summed E-state index contributed by atoms with van der Waals surface area (Å²) in [6, 6.07) is 5.55. The number of amidine groups is 1. The quantitative estimate of drug-likeness (QED) is 0.280. The molecule has 0 radical (unpaired) electrons. The topological polar surface area (TPSA) is 102 Å². The Morgan fingerprint density at radius 2 is 2.05 bits per heavy atom. The molecule has 2 rings (SSSR count). The van der Waals surface area contributed by atoms with Crippen LogP contribution in [0, 0.1) is 10.1 Å². The number of carbonyl (C=O) groups is 1. The maximum atomic E-state index is 11.8. The lowest BCUT2D eigenvalue weighted by Gasteiger charge is -1.99. The number of nitro benzene ring substituents is 1. The zero-order valence-corrected chi connectivity index (χ0v) is 11.9. The van der Waals surface area contributed by atoms with Crippen molar-refractivity contribution in [3.8, 4) is 0 Å². The van der Waals surface area contributed by atoms with Crippen LogP contribution in [-0.2, 0) is 0 Å². The molecule has 7 nitrogen and oxygen atoms in total. The van der Waals surface area contributed by atoms with Gasteiger partial charge in [-0.1, -0.05) is 5.10 Å². The van der Waals surface area contributed by atoms with Crippen LogP contribution < -0.4 is 22.4 Å². The number of rotatable bonds is 4. The molecule has 2 N–H and O–H groups in total. The molecule has 1 aromatic carbocycles. The van der Waals surface area contributed by atoms with Gasteiger partial charge in [0.05, 0.1) is 10.7 Å². The van der Waals surface area contributed by atoms with Crippen molar-refractivity contribution < 1.29 is 32.1 Å². The highest BCUT2D eigenvalue weighted by Crippen LogP contribution is 2.14. The molecule has 0 aliphatic carbocycles. The number of halogens is 1. The Bertz CT molecular complexity index is 544. The Morgan fingerprint density at radius 3 is 2.58 bits per heavy atom. The predicted octanol–water partition coefficient (Wildman–Crippen LogP) is -2.61. The van der Waals surface area contributed by atoms with Gasteiger partial charge in [0.15, 0.2) is 12.1 Å². The maximum absolute atomic E-state index is 11.8. The number of hydrogen-bond donors (Lipinski definition) is 1. The summed E-state index contributed by atoms with van der Waals surface area (Å²) in [4.78, 5) is 25.7. The van der Waals surface area contributed by atoms with Crippen molar-refractivity contribution in [1.82, 2.24) is 0 Å². The third-order valence-electron chi connectivity index (χ3n) is 2.19. The summed E-state index contributed by atoms with van der Waals surface area (Å²) >= 11 is 1.28. The number of hydrogen-bond acceptors (Lipinski definition) is 6. The number of nitrogens with zero attached hydrogens (tertiary/aromatic N) is 3. The summed E-state index contributed by atoms with van der Waals surface area (Å²) in [5, 5.41) is 14.9. The molecule has 1 aromatic rings. The van der Waals surface area contributed by atoms with E-state index >= 15 is 0 Å². The van der Waals surface area contributed by atoms with Gasteiger partial charge in [0.25, 0.3) is 10.9 Å². The molecule has 1 aliphatic rings. The lowest BCUT2D eigenvalue weighted by molar-refractivity contribution is -0.535. The van der Waals surface area contributed by atoms with Gasteiger partial charge >= 0.3 is 0 Å². The van der Waals surface area contributed by atoms with E-state index < -0.39 is 4.92 Å². The summed E-state index contributed by atoms with van der Waals surface area (Å²) in [6.45, 7) is 0. The molecule has 0 saturated heterocycles. The van der Waals surface area contributed by atoms with Crippen molar-refractivity contribution in [2.45, 2.75) is 0 Å². The van der Waals surface area contributed by atoms with E-state index in [4.69, 9.17) is 0 Å². The first-order chi connectivity index (χ1) is 8.66. The molecule has 0 aromatic heterocycles. The van der Waals surface area contributed by atoms with Crippen LogP contribution in [0.2, 0.25) is 0 Å². The van der Waals surface area contributed by atoms with Gasteiger partial charge in [-0.15, -0.1) is 0 Å². The van der Waals surface area contributed by atoms with Crippen molar-refractivity contribution >= 4 is 34.7 Å². The highest BCUT2D eigenvalue weighted by atomic mass is 79.9. The molecule has 0 atom stereocenters. The monoisotopic (exact) mass is 344 g/mol. The first-order valence-electron chi connectivity index (χ1n) is 5.00. The fourth-order valence-corrected chi connectivity index (χ4v) is 1.99. The number of thioether (sulfide) groups is 1. The molecule has 100 valence electrons. The summed E-state index contributed by atoms with van der Waals surface area (Å²) < 4.78 is 0. The highest BCUT2D eigenvalue weighted by molar-refractivity contribution is 8.13. The number of ketones is 1. The molecule has 0 unspecified atom stereocenters. The number of benzene rings is 1. The second-order valence-corrected chi connectivity index (χ2v) is 4.37. The lowest BCUT2D eigenvalue weighted by Crippen LogP contribution is -3.00. The second kappa shape index (κ2) is 7.12. The van der Waals surface area contributed by atoms with Crippen molar-refractivity contribution in [1.29, 1.82) is 0 Å². The number of Topliss-reactive ketones (excluding diaryl/α,β-unsaturated/α-hetero) is 1. The fraction of sp³-hybridized carbons (Fsp3) is 0.100. The fourth-order valence-electron chi connectivity index (χ4n) is 1.29. The molecule has 0 bridgehead atoms. The first kappa shape index (κ1) is 15.5. The van der Waals surface area contributed by atoms with E-state index in [2.05, 4.69) is 10.1 Å². The molecule has 9 heteroatoms. The third-order valence-corrected chi connectivity index (χ3v) is 3.10. The zero-order chi connectivity index (χ0) is 13.0. The third kappa shape index (κ3) is 4.23. The van der Waals surface area contributed by atoms with E-state index in [0.29, 0.717) is 10.7 Å². The number of non-ortho nitro benzene ring substituents is 1. The van der Waals surface area contributed by atoms with Crippen LogP contribution in [0.1, 0.15) is 10.4 Å². The SMILES string of the molecule is O=C(CSC1=NC=N[NH2+]1)c1ccc([N+](=O)[O-])cc1.[Br-]. The minimum absolute atomic E-state index is 0. The van der Waals surface area contributed by atoms with Gasteiger partial charge in [-0.25, -0.2) is 0 Å². The van der Waals surface area contributed by atoms with Crippen molar-refractivity contribution in [3.63, 3.8) is 0 Å². The average molecular weight is 345 g/mol. The van der Waals surface area contributed by atoms with Crippen molar-refractivity contribution in [2.24, 2.45) is 10.1 Å². The maximum Gasteiger partial charge on any atom is 0.289 e. The Kier molecular flexibility index (Phi) is 5.80. The number of nitrogens with two attached hydrogens (primary N) is 1. The van der Waals surface area contributed by atoms with Gasteiger partial charge in [-0.2, -0.15) is 10.4 Å². The van der Waals surface area contributed by atoms with E-state index in [-0.39, 0.29) is 34.2 Å². The van der Waals surface area contributed by atoms with Crippen LogP contribution in [0.25, 0.3) is 0 Å². The Labute approximate surface area is 123 Å². The average Bonchev–Trinajstić information content (AvgIpc) is 2.89. The molecule has 19 heavy (non-hydrogen) atoms. The predicted molar refractivity (Wildman–Crippen MR) is 67.7 cm³/mol. The molecule has 0 amide bonds. The molecule has 0 spiro atoms. The molecule has 1 heterocycles. The molecular weight excluding hydrogens is 336 g/mol. The zero-order valence-electron chi connectivity index (χ0n) is 9.52. The van der Waals surface area contributed by atoms with E-state index in [0.717, 1.165) is 0 Å². The van der Waals surface area contributed by atoms with Gasteiger partial charge in [-0.3, -0.25) is 14.9 Å². The standard InChI is InChI=1S/C10H8N4O3S.BrH/c15-9(5-18-10-11-6-12-13-10)7-1-3-8(4-2-7)14(16)17;/h1-4,6H,5H2,(H,11,12,13);1H. The molecular formula is C10H9BrN4O3S. The Balaban J connectivity index is 0.00000180. The first-order valence-corrected chi connectivity index (χ1v) is 5.98. The Hall–Kier alpha value is -1.58. The highest BCUT2D eigenvalue weighted by Gasteiger charge is 2.14. The van der Waals surface area contributed by atoms with Crippen LogP contribution in [0.4, 0.5) is 5.69 Å². The van der Waals surface area contributed by atoms with E-state index in [1.54, 1.807) is 5.43 Å². The number of aliphatic imine (C=N–C) groups is 1. The van der Waals surface area contributed by atoms with Crippen molar-refractivity contribution in [2.75, 3.05) is 5.75 Å². The van der Waals surface area contributed by atoms with Gasteiger partial charge in [0, 0.05) is 17.7 Å². The number of nitro groups is 1. The second-order valence-electron chi connectivity index (χ2n) is 3.38. The van der Waals surface area contributed by atoms with Crippen LogP contribution in [0.3, 0.4) is 0 Å². The van der Waals surface area contributed by atoms with Crippen LogP contribution in [-0.4, -0.2) is 28.0 Å². The summed E-state index contributed by atoms with van der Waals surface area (Å²) in [5.74, 6) is 0.133. The van der Waals surface area contributed by atoms with E-state index in [1.165, 1.54) is 42.4 Å². The van der Waals surface area contributed by atoms with Gasteiger partial charge in [-0.05, 0) is 23.9 Å². The van der Waals surface area contributed by atoms with Gasteiger partial charge < -0.3 is 17.0 Å². The summed E-state index contributed by atoms with van der Waals surface area (Å²) in [7, 11) is 0. The van der Waals surface area contributed by atoms with Gasteiger partial charge in [0.2, 0.25) is 0 Å². The van der Waals surface area contributed by atoms with Crippen LogP contribution in [0.15, 0.2) is 34.4 Å². The van der Waals surface area contributed by atoms with Crippen LogP contribution >= 0.6 is 11.8 Å².